The largest absolute Gasteiger partial charge is 0.289 e. The number of rotatable bonds is 1. The van der Waals surface area contributed by atoms with Crippen molar-refractivity contribution in [1.82, 2.24) is 4.90 Å². The van der Waals surface area contributed by atoms with Gasteiger partial charge in [-0.3, -0.25) is 4.90 Å². The molecule has 1 heterocycles. The van der Waals surface area contributed by atoms with Crippen molar-refractivity contribution in [3.63, 3.8) is 0 Å². The fourth-order valence-electron chi connectivity index (χ4n) is 3.22. The van der Waals surface area contributed by atoms with Gasteiger partial charge in [-0.1, -0.05) is 22.0 Å². The Kier molecular flexibility index (Phi) is 3.21. The topological polar surface area (TPSA) is 3.24 Å². The number of alkyl halides is 2. The van der Waals surface area contributed by atoms with Crippen LogP contribution in [-0.4, -0.2) is 16.4 Å². The van der Waals surface area contributed by atoms with Crippen LogP contribution in [-0.2, 0) is 13.1 Å². The SMILES string of the molecule is CC1(N2Cc3ccc(Br)cc3C2)CCC(F)(F)CC1. The Balaban J connectivity index is 1.76. The van der Waals surface area contributed by atoms with Gasteiger partial charge in [0, 0.05) is 35.9 Å². The van der Waals surface area contributed by atoms with Gasteiger partial charge < -0.3 is 0 Å². The molecule has 2 aliphatic rings. The highest BCUT2D eigenvalue weighted by atomic mass is 79.9. The van der Waals surface area contributed by atoms with Crippen LogP contribution in [0.1, 0.15) is 43.7 Å². The molecule has 0 aromatic heterocycles. The first-order valence-corrected chi connectivity index (χ1v) is 7.58. The van der Waals surface area contributed by atoms with Gasteiger partial charge in [0.05, 0.1) is 0 Å². The fraction of sp³-hybridized carbons (Fsp3) is 0.600. The monoisotopic (exact) mass is 329 g/mol. The molecule has 4 heteroatoms. The van der Waals surface area contributed by atoms with Crippen LogP contribution in [0.25, 0.3) is 0 Å². The van der Waals surface area contributed by atoms with Crippen molar-refractivity contribution >= 4 is 15.9 Å². The molecule has 1 aromatic carbocycles. The Morgan fingerprint density at radius 1 is 1.05 bits per heavy atom. The van der Waals surface area contributed by atoms with Crippen LogP contribution in [0, 0.1) is 0 Å². The summed E-state index contributed by atoms with van der Waals surface area (Å²) < 4.78 is 27.7. The summed E-state index contributed by atoms with van der Waals surface area (Å²) in [5, 5.41) is 0. The van der Waals surface area contributed by atoms with Crippen LogP contribution in [0.5, 0.6) is 0 Å². The van der Waals surface area contributed by atoms with Crippen molar-refractivity contribution in [2.24, 2.45) is 0 Å². The average molecular weight is 330 g/mol. The molecule has 0 bridgehead atoms. The first kappa shape index (κ1) is 13.5. The number of benzene rings is 1. The molecule has 0 atom stereocenters. The predicted octanol–water partition coefficient (Wildman–Crippen LogP) is 4.73. The lowest BCUT2D eigenvalue weighted by Crippen LogP contribution is -2.47. The molecular formula is C15H18BrF2N. The number of hydrogen-bond acceptors (Lipinski definition) is 1. The van der Waals surface area contributed by atoms with Crippen molar-refractivity contribution in [1.29, 1.82) is 0 Å². The molecule has 1 nitrogen and oxygen atoms in total. The molecule has 3 rings (SSSR count). The summed E-state index contributed by atoms with van der Waals surface area (Å²) in [4.78, 5) is 2.37. The molecule has 104 valence electrons. The number of nitrogens with zero attached hydrogens (tertiary/aromatic N) is 1. The van der Waals surface area contributed by atoms with Crippen LogP contribution >= 0.6 is 15.9 Å². The van der Waals surface area contributed by atoms with Gasteiger partial charge in [-0.2, -0.15) is 0 Å². The number of halogens is 3. The van der Waals surface area contributed by atoms with E-state index in [4.69, 9.17) is 0 Å². The van der Waals surface area contributed by atoms with Crippen LogP contribution < -0.4 is 0 Å². The zero-order chi connectivity index (χ0) is 13.7. The summed E-state index contributed by atoms with van der Waals surface area (Å²) in [5.41, 5.74) is 2.59. The fourth-order valence-corrected chi connectivity index (χ4v) is 3.62. The molecule has 1 fully saturated rings. The van der Waals surface area contributed by atoms with E-state index >= 15 is 0 Å². The zero-order valence-electron chi connectivity index (χ0n) is 11.1. The van der Waals surface area contributed by atoms with E-state index in [1.165, 1.54) is 11.1 Å². The molecule has 0 saturated heterocycles. The van der Waals surface area contributed by atoms with Crippen LogP contribution in [0.15, 0.2) is 22.7 Å². The van der Waals surface area contributed by atoms with Gasteiger partial charge in [0.25, 0.3) is 0 Å². The maximum atomic E-state index is 13.3. The van der Waals surface area contributed by atoms with E-state index in [0.717, 1.165) is 17.6 Å². The van der Waals surface area contributed by atoms with Gasteiger partial charge in [0.15, 0.2) is 0 Å². The standard InChI is InChI=1S/C15H18BrF2N/c1-14(4-6-15(17,18)7-5-14)19-9-11-2-3-13(16)8-12(11)10-19/h2-3,8H,4-7,9-10H2,1H3. The normalized spacial score (nSPS) is 25.3. The zero-order valence-corrected chi connectivity index (χ0v) is 12.6. The molecule has 1 saturated carbocycles. The lowest BCUT2D eigenvalue weighted by molar-refractivity contribution is -0.0789. The third-order valence-corrected chi connectivity index (χ3v) is 5.21. The van der Waals surface area contributed by atoms with E-state index in [-0.39, 0.29) is 18.4 Å². The van der Waals surface area contributed by atoms with E-state index in [2.05, 4.69) is 46.0 Å². The average Bonchev–Trinajstić information content (AvgIpc) is 2.77. The van der Waals surface area contributed by atoms with E-state index in [1.54, 1.807) is 0 Å². The highest BCUT2D eigenvalue weighted by Crippen LogP contribution is 2.44. The first-order chi connectivity index (χ1) is 8.88. The second-order valence-electron chi connectivity index (χ2n) is 6.12. The van der Waals surface area contributed by atoms with Crippen LogP contribution in [0.2, 0.25) is 0 Å². The van der Waals surface area contributed by atoms with E-state index in [9.17, 15) is 8.78 Å². The van der Waals surface area contributed by atoms with Gasteiger partial charge >= 0.3 is 0 Å². The molecule has 0 radical (unpaired) electrons. The van der Waals surface area contributed by atoms with Gasteiger partial charge in [-0.25, -0.2) is 8.78 Å². The molecule has 0 spiro atoms. The van der Waals surface area contributed by atoms with E-state index < -0.39 is 5.92 Å². The lowest BCUT2D eigenvalue weighted by atomic mass is 9.80. The summed E-state index contributed by atoms with van der Waals surface area (Å²) >= 11 is 3.49. The Morgan fingerprint density at radius 2 is 1.68 bits per heavy atom. The van der Waals surface area contributed by atoms with E-state index in [1.807, 2.05) is 0 Å². The summed E-state index contributed by atoms with van der Waals surface area (Å²) in [6.07, 6.45) is 1.24. The van der Waals surface area contributed by atoms with E-state index in [0.29, 0.717) is 12.8 Å². The molecule has 1 aliphatic carbocycles. The van der Waals surface area contributed by atoms with Crippen molar-refractivity contribution in [2.75, 3.05) is 0 Å². The number of fused-ring (bicyclic) bond motifs is 1. The van der Waals surface area contributed by atoms with Crippen molar-refractivity contribution in [3.8, 4) is 0 Å². The number of hydrogen-bond donors (Lipinski definition) is 0. The first-order valence-electron chi connectivity index (χ1n) is 6.78. The van der Waals surface area contributed by atoms with Crippen LogP contribution in [0.4, 0.5) is 8.78 Å². The minimum atomic E-state index is -2.45. The second kappa shape index (κ2) is 4.52. The Morgan fingerprint density at radius 3 is 2.37 bits per heavy atom. The minimum Gasteiger partial charge on any atom is -0.289 e. The maximum Gasteiger partial charge on any atom is 0.248 e. The lowest BCUT2D eigenvalue weighted by Gasteiger charge is -2.44. The Labute approximate surface area is 121 Å². The molecular weight excluding hydrogens is 312 g/mol. The minimum absolute atomic E-state index is 0.0278. The highest BCUT2D eigenvalue weighted by Gasteiger charge is 2.44. The van der Waals surface area contributed by atoms with Crippen molar-refractivity contribution in [3.05, 3.63) is 33.8 Å². The van der Waals surface area contributed by atoms with Crippen LogP contribution in [0.3, 0.4) is 0 Å². The summed E-state index contributed by atoms with van der Waals surface area (Å²) in [5.74, 6) is -2.45. The van der Waals surface area contributed by atoms with Gasteiger partial charge in [0.1, 0.15) is 0 Å². The molecule has 19 heavy (non-hydrogen) atoms. The van der Waals surface area contributed by atoms with Gasteiger partial charge in [0.2, 0.25) is 5.92 Å². The third-order valence-electron chi connectivity index (χ3n) is 4.71. The van der Waals surface area contributed by atoms with Crippen molar-refractivity contribution in [2.45, 2.75) is 57.2 Å². The maximum absolute atomic E-state index is 13.3. The summed E-state index contributed by atoms with van der Waals surface area (Å²) in [7, 11) is 0. The van der Waals surface area contributed by atoms with Gasteiger partial charge in [-0.05, 0) is 43.0 Å². The van der Waals surface area contributed by atoms with Gasteiger partial charge in [-0.15, -0.1) is 0 Å². The molecule has 0 amide bonds. The summed E-state index contributed by atoms with van der Waals surface area (Å²) in [6, 6.07) is 6.34. The predicted molar refractivity (Wildman–Crippen MR) is 75.2 cm³/mol. The quantitative estimate of drug-likeness (QED) is 0.719. The molecule has 0 N–H and O–H groups in total. The molecule has 1 aromatic rings. The molecule has 1 aliphatic heterocycles. The smallest absolute Gasteiger partial charge is 0.248 e. The highest BCUT2D eigenvalue weighted by molar-refractivity contribution is 9.10. The third kappa shape index (κ3) is 2.57. The Bertz CT molecular complexity index is 491. The summed E-state index contributed by atoms with van der Waals surface area (Å²) in [6.45, 7) is 3.92. The Hall–Kier alpha value is -0.480. The molecule has 0 unspecified atom stereocenters. The second-order valence-corrected chi connectivity index (χ2v) is 7.04. The van der Waals surface area contributed by atoms with Crippen molar-refractivity contribution < 1.29 is 8.78 Å².